The number of carbonyl (C=O) groups excluding carboxylic acids is 4. The molecule has 0 spiro atoms. The van der Waals surface area contributed by atoms with Gasteiger partial charge in [-0.15, -0.1) is 0 Å². The third kappa shape index (κ3) is 8.27. The van der Waals surface area contributed by atoms with Crippen molar-refractivity contribution < 1.29 is 41.8 Å². The second-order valence-corrected chi connectivity index (χ2v) is 10.8. The van der Waals surface area contributed by atoms with Crippen LogP contribution in [0.25, 0.3) is 0 Å². The summed E-state index contributed by atoms with van der Waals surface area (Å²) in [5.41, 5.74) is 0.186. The predicted octanol–water partition coefficient (Wildman–Crippen LogP) is 3.34. The van der Waals surface area contributed by atoms with Crippen LogP contribution in [-0.2, 0) is 33.6 Å². The number of amides is 5. The van der Waals surface area contributed by atoms with Gasteiger partial charge in [0.15, 0.2) is 0 Å². The normalized spacial score (nSPS) is 18.6. The molecule has 248 valence electrons. The molecule has 2 N–H and O–H groups in total. The van der Waals surface area contributed by atoms with Gasteiger partial charge in [0, 0.05) is 26.7 Å². The first-order valence-electron chi connectivity index (χ1n) is 14.6. The van der Waals surface area contributed by atoms with E-state index in [9.17, 15) is 32.3 Å². The number of alkyl carbamates (subject to hydrolysis) is 1. The molecule has 12 nitrogen and oxygen atoms in total. The van der Waals surface area contributed by atoms with Crippen LogP contribution >= 0.6 is 0 Å². The molecule has 0 aromatic heterocycles. The number of nitrogens with one attached hydrogen (secondary N) is 2. The van der Waals surface area contributed by atoms with Crippen LogP contribution in [0, 0.1) is 0 Å². The molecule has 2 fully saturated rings. The van der Waals surface area contributed by atoms with Crippen molar-refractivity contribution in [1.82, 2.24) is 30.5 Å². The quantitative estimate of drug-likeness (QED) is 0.284. The highest BCUT2D eigenvalue weighted by atomic mass is 19.4. The van der Waals surface area contributed by atoms with Crippen LogP contribution in [0.15, 0.2) is 61.2 Å². The van der Waals surface area contributed by atoms with E-state index in [1.165, 1.54) is 38.0 Å². The van der Waals surface area contributed by atoms with E-state index in [1.54, 1.807) is 38.4 Å². The Kier molecular flexibility index (Phi) is 11.1. The molecule has 0 saturated carbocycles. The zero-order valence-electron chi connectivity index (χ0n) is 25.6. The molecular formula is C31H37F3N6O6. The van der Waals surface area contributed by atoms with Gasteiger partial charge in [0.2, 0.25) is 11.8 Å². The van der Waals surface area contributed by atoms with Gasteiger partial charge in [-0.2, -0.15) is 13.2 Å². The molecule has 2 aromatic rings. The van der Waals surface area contributed by atoms with Gasteiger partial charge < -0.3 is 29.9 Å². The summed E-state index contributed by atoms with van der Waals surface area (Å²) in [5, 5.41) is 8.23. The number of rotatable bonds is 11. The molecule has 2 aliphatic rings. The maximum atomic E-state index is 13.8. The Morgan fingerprint density at radius 3 is 2.50 bits per heavy atom. The van der Waals surface area contributed by atoms with Gasteiger partial charge in [0.1, 0.15) is 24.6 Å². The number of carbonyl (C=O) groups is 4. The fourth-order valence-corrected chi connectivity index (χ4v) is 5.46. The summed E-state index contributed by atoms with van der Waals surface area (Å²) in [5.74, 6) is -0.204. The first-order chi connectivity index (χ1) is 21.9. The number of alkyl halides is 3. The molecule has 2 atom stereocenters. The number of fused-ring (bicyclic) bond motifs is 1. The molecule has 5 amide bonds. The average molecular weight is 647 g/mol. The Balaban J connectivity index is 1.57. The van der Waals surface area contributed by atoms with E-state index in [1.807, 2.05) is 0 Å². The Labute approximate surface area is 264 Å². The van der Waals surface area contributed by atoms with E-state index in [2.05, 4.69) is 17.2 Å². The number of likely N-dealkylation sites (N-methyl/N-ethyl adjacent to an activating group) is 1. The zero-order valence-corrected chi connectivity index (χ0v) is 25.6. The van der Waals surface area contributed by atoms with Gasteiger partial charge in [-0.1, -0.05) is 36.9 Å². The van der Waals surface area contributed by atoms with Gasteiger partial charge in [-0.25, -0.2) is 19.6 Å². The number of ether oxygens (including phenoxy) is 2. The van der Waals surface area contributed by atoms with E-state index in [-0.39, 0.29) is 63.6 Å². The second-order valence-electron chi connectivity index (χ2n) is 10.8. The number of piperazine rings is 1. The van der Waals surface area contributed by atoms with E-state index < -0.39 is 42.0 Å². The van der Waals surface area contributed by atoms with Crippen LogP contribution in [0.1, 0.15) is 29.5 Å². The molecule has 2 heterocycles. The maximum Gasteiger partial charge on any atom is 0.416 e. The topological polar surface area (TPSA) is 124 Å². The summed E-state index contributed by atoms with van der Waals surface area (Å²) in [6.45, 7) is 3.30. The number of hydrogen-bond donors (Lipinski definition) is 2. The molecule has 0 unspecified atom stereocenters. The molecule has 0 aliphatic carbocycles. The van der Waals surface area contributed by atoms with Gasteiger partial charge >= 0.3 is 18.3 Å². The summed E-state index contributed by atoms with van der Waals surface area (Å²) in [7, 11) is 3.12. The van der Waals surface area contributed by atoms with Crippen molar-refractivity contribution >= 4 is 23.9 Å². The minimum absolute atomic E-state index is 0.0191. The summed E-state index contributed by atoms with van der Waals surface area (Å²) in [6, 6.07) is 10.2. The summed E-state index contributed by atoms with van der Waals surface area (Å²) in [4.78, 5) is 55.4. The van der Waals surface area contributed by atoms with Gasteiger partial charge in [-0.05, 0) is 48.2 Å². The number of nitrogens with zero attached hydrogens (tertiary/aromatic N) is 4. The molecule has 0 bridgehead atoms. The molecular weight excluding hydrogens is 609 g/mol. The SMILES string of the molecule is C=CCOC(=O)NCCC[C@H]1C(=O)N(Cc2cccc(C(F)(F)F)c2)C[C@H]2N1C(=O)CN(C)N2C(=O)NCc1ccc(OC)cc1. The smallest absolute Gasteiger partial charge is 0.416 e. The van der Waals surface area contributed by atoms with E-state index >= 15 is 0 Å². The molecule has 0 radical (unpaired) electrons. The lowest BCUT2D eigenvalue weighted by Gasteiger charge is -2.54. The van der Waals surface area contributed by atoms with Gasteiger partial charge in [0.25, 0.3) is 0 Å². The highest BCUT2D eigenvalue weighted by molar-refractivity contribution is 5.91. The number of methoxy groups -OCH3 is 1. The van der Waals surface area contributed by atoms with Crippen LogP contribution in [0.5, 0.6) is 5.75 Å². The number of halogens is 3. The number of hydrazine groups is 1. The largest absolute Gasteiger partial charge is 0.497 e. The minimum atomic E-state index is -4.57. The van der Waals surface area contributed by atoms with E-state index in [4.69, 9.17) is 9.47 Å². The Morgan fingerprint density at radius 1 is 1.09 bits per heavy atom. The predicted molar refractivity (Wildman–Crippen MR) is 160 cm³/mol. The summed E-state index contributed by atoms with van der Waals surface area (Å²) < 4.78 is 50.4. The van der Waals surface area contributed by atoms with Crippen LogP contribution in [0.4, 0.5) is 22.8 Å². The van der Waals surface area contributed by atoms with Crippen LogP contribution in [-0.4, -0.2) is 96.4 Å². The first-order valence-corrected chi connectivity index (χ1v) is 14.6. The highest BCUT2D eigenvalue weighted by Crippen LogP contribution is 2.32. The van der Waals surface area contributed by atoms with E-state index in [0.717, 1.165) is 17.7 Å². The maximum absolute atomic E-state index is 13.8. The molecule has 4 rings (SSSR count). The molecule has 15 heteroatoms. The number of urea groups is 1. The van der Waals surface area contributed by atoms with Crippen molar-refractivity contribution in [3.05, 3.63) is 77.9 Å². The number of benzene rings is 2. The monoisotopic (exact) mass is 646 g/mol. The van der Waals surface area contributed by atoms with Crippen LogP contribution < -0.4 is 15.4 Å². The molecule has 2 aromatic carbocycles. The lowest BCUT2D eigenvalue weighted by Crippen LogP contribution is -2.75. The lowest BCUT2D eigenvalue weighted by atomic mass is 10.0. The van der Waals surface area contributed by atoms with Crippen molar-refractivity contribution in [2.24, 2.45) is 0 Å². The van der Waals surface area contributed by atoms with E-state index in [0.29, 0.717) is 5.75 Å². The van der Waals surface area contributed by atoms with Crippen molar-refractivity contribution in [2.45, 2.75) is 44.3 Å². The molecule has 2 aliphatic heterocycles. The fourth-order valence-electron chi connectivity index (χ4n) is 5.46. The van der Waals surface area contributed by atoms with Crippen molar-refractivity contribution in [2.75, 3.05) is 40.4 Å². The van der Waals surface area contributed by atoms with Crippen molar-refractivity contribution in [1.29, 1.82) is 0 Å². The minimum Gasteiger partial charge on any atom is -0.497 e. The molecule has 2 saturated heterocycles. The summed E-state index contributed by atoms with van der Waals surface area (Å²) >= 11 is 0. The summed E-state index contributed by atoms with van der Waals surface area (Å²) in [6.07, 6.45) is -4.38. The standard InChI is InChI=1S/C31H37F3N6O6/c1-4-15-46-30(44)35-14-6-9-25-28(42)38(18-22-7-5-8-23(16-22)31(32,33)34)19-26-39(25)27(41)20-37(2)40(26)29(43)36-17-21-10-12-24(45-3)13-11-21/h4-5,7-8,10-13,16,25-26H,1,6,9,14-15,17-20H2,2-3H3,(H,35,44)(H,36,43)/t25-,26-/m0/s1. The average Bonchev–Trinajstić information content (AvgIpc) is 3.02. The van der Waals surface area contributed by atoms with Crippen molar-refractivity contribution in [3.8, 4) is 5.75 Å². The molecule has 46 heavy (non-hydrogen) atoms. The van der Waals surface area contributed by atoms with Crippen LogP contribution in [0.2, 0.25) is 0 Å². The fraction of sp³-hybridized carbons (Fsp3) is 0.419. The Bertz CT molecular complexity index is 1420. The van der Waals surface area contributed by atoms with Gasteiger partial charge in [0.05, 0.1) is 25.8 Å². The third-order valence-corrected chi connectivity index (χ3v) is 7.63. The Hall–Kier alpha value is -4.79. The Morgan fingerprint density at radius 2 is 1.83 bits per heavy atom. The van der Waals surface area contributed by atoms with Gasteiger partial charge in [-0.3, -0.25) is 9.59 Å². The van der Waals surface area contributed by atoms with Crippen LogP contribution in [0.3, 0.4) is 0 Å². The van der Waals surface area contributed by atoms with Crippen molar-refractivity contribution in [3.63, 3.8) is 0 Å². The highest BCUT2D eigenvalue weighted by Gasteiger charge is 2.50. The lowest BCUT2D eigenvalue weighted by molar-refractivity contribution is -0.188. The number of hydrogen-bond acceptors (Lipinski definition) is 7. The second kappa shape index (κ2) is 15.0. The first kappa shape index (κ1) is 34.1. The third-order valence-electron chi connectivity index (χ3n) is 7.63. The zero-order chi connectivity index (χ0) is 33.4.